The molecule has 6 N–H and O–H groups in total. The van der Waals surface area contributed by atoms with E-state index >= 15 is 0 Å². The highest BCUT2D eigenvalue weighted by atomic mass is 35.5. The second-order valence-corrected chi connectivity index (χ2v) is 5.10. The van der Waals surface area contributed by atoms with Crippen molar-refractivity contribution >= 4 is 28.7 Å². The van der Waals surface area contributed by atoms with Gasteiger partial charge in [0.25, 0.3) is 5.69 Å². The van der Waals surface area contributed by atoms with Gasteiger partial charge in [-0.3, -0.25) is 10.1 Å². The van der Waals surface area contributed by atoms with E-state index in [0.29, 0.717) is 0 Å². The lowest BCUT2D eigenvalue weighted by Crippen LogP contribution is -2.40. The van der Waals surface area contributed by atoms with Crippen LogP contribution in [0.4, 0.5) is 17.1 Å². The lowest BCUT2D eigenvalue weighted by Gasteiger charge is -2.29. The van der Waals surface area contributed by atoms with Gasteiger partial charge in [0.2, 0.25) is 0 Å². The van der Waals surface area contributed by atoms with E-state index in [-0.39, 0.29) is 35.2 Å². The van der Waals surface area contributed by atoms with Crippen LogP contribution in [-0.2, 0) is 0 Å². The molecule has 0 spiro atoms. The Morgan fingerprint density at radius 1 is 1.23 bits per heavy atom. The third kappa shape index (κ3) is 4.68. The molecule has 0 amide bonds. The normalized spacial score (nSPS) is 13.7. The van der Waals surface area contributed by atoms with E-state index in [9.17, 15) is 20.3 Å². The Labute approximate surface area is 131 Å². The van der Waals surface area contributed by atoms with Crippen molar-refractivity contribution in [2.75, 3.05) is 36.9 Å². The van der Waals surface area contributed by atoms with Gasteiger partial charge in [0.05, 0.1) is 41.1 Å². The van der Waals surface area contributed by atoms with Crippen molar-refractivity contribution in [1.29, 1.82) is 0 Å². The fourth-order valence-electron chi connectivity index (χ4n) is 1.86. The number of anilines is 2. The molecule has 10 heteroatoms. The first-order valence-electron chi connectivity index (χ1n) is 6.36. The zero-order valence-corrected chi connectivity index (χ0v) is 12.3. The van der Waals surface area contributed by atoms with E-state index in [2.05, 4.69) is 0 Å². The molecule has 0 aliphatic rings. The topological polar surface area (TPSA) is 153 Å². The molecule has 1 rings (SSSR count). The molecule has 0 heterocycles. The molecule has 2 atom stereocenters. The van der Waals surface area contributed by atoms with Crippen molar-refractivity contribution in [3.05, 3.63) is 27.3 Å². The fourth-order valence-corrected chi connectivity index (χ4v) is 2.15. The van der Waals surface area contributed by atoms with Gasteiger partial charge in [0, 0.05) is 19.2 Å². The standard InChI is InChI=1S/C12H18ClN3O6/c13-9-1-10(14)12(16(21)22)2-11(9)15(3-7(19)5-17)4-8(20)6-18/h1-2,7-8,17-20H,3-6,14H2. The summed E-state index contributed by atoms with van der Waals surface area (Å²) in [5.74, 6) is 0. The van der Waals surface area contributed by atoms with Crippen molar-refractivity contribution in [3.8, 4) is 0 Å². The van der Waals surface area contributed by atoms with Gasteiger partial charge in [-0.1, -0.05) is 11.6 Å². The quantitative estimate of drug-likeness (QED) is 0.238. The average molecular weight is 336 g/mol. The number of hydrogen-bond acceptors (Lipinski definition) is 8. The van der Waals surface area contributed by atoms with Crippen LogP contribution in [0.3, 0.4) is 0 Å². The van der Waals surface area contributed by atoms with Crippen LogP contribution in [-0.4, -0.2) is 63.9 Å². The van der Waals surface area contributed by atoms with Crippen molar-refractivity contribution in [2.24, 2.45) is 0 Å². The van der Waals surface area contributed by atoms with Gasteiger partial charge in [0.1, 0.15) is 5.69 Å². The summed E-state index contributed by atoms with van der Waals surface area (Å²) in [5, 5.41) is 48.0. The third-order valence-electron chi connectivity index (χ3n) is 2.92. The van der Waals surface area contributed by atoms with Gasteiger partial charge < -0.3 is 31.1 Å². The SMILES string of the molecule is Nc1cc(Cl)c(N(CC(O)CO)CC(O)CO)cc1[N+](=O)[O-]. The summed E-state index contributed by atoms with van der Waals surface area (Å²) in [6.07, 6.45) is -2.31. The molecule has 22 heavy (non-hydrogen) atoms. The molecule has 0 fully saturated rings. The molecule has 0 aliphatic carbocycles. The molecule has 0 radical (unpaired) electrons. The number of nitro benzene ring substituents is 1. The van der Waals surface area contributed by atoms with E-state index < -0.39 is 30.3 Å². The Hall–Kier alpha value is -1.65. The number of aliphatic hydroxyl groups is 4. The van der Waals surface area contributed by atoms with Crippen LogP contribution in [0.2, 0.25) is 5.02 Å². The molecule has 2 unspecified atom stereocenters. The van der Waals surface area contributed by atoms with Gasteiger partial charge in [0.15, 0.2) is 0 Å². The minimum absolute atomic E-state index is 0.0818. The van der Waals surface area contributed by atoms with Crippen molar-refractivity contribution < 1.29 is 25.3 Å². The highest BCUT2D eigenvalue weighted by molar-refractivity contribution is 6.33. The minimum atomic E-state index is -1.15. The van der Waals surface area contributed by atoms with Crippen molar-refractivity contribution in [1.82, 2.24) is 0 Å². The van der Waals surface area contributed by atoms with Crippen LogP contribution < -0.4 is 10.6 Å². The number of nitro groups is 1. The Morgan fingerprint density at radius 3 is 2.14 bits per heavy atom. The molecule has 1 aromatic rings. The number of halogens is 1. The molecule has 0 saturated carbocycles. The lowest BCUT2D eigenvalue weighted by molar-refractivity contribution is -0.383. The summed E-state index contributed by atoms with van der Waals surface area (Å²) in [6.45, 7) is -1.37. The molecule has 0 aliphatic heterocycles. The zero-order chi connectivity index (χ0) is 16.9. The lowest BCUT2D eigenvalue weighted by atomic mass is 10.2. The van der Waals surface area contributed by atoms with E-state index in [1.807, 2.05) is 0 Å². The summed E-state index contributed by atoms with van der Waals surface area (Å²) in [6, 6.07) is 2.31. The molecule has 1 aromatic carbocycles. The summed E-state index contributed by atoms with van der Waals surface area (Å²) in [5.41, 5.74) is 5.18. The van der Waals surface area contributed by atoms with Crippen LogP contribution in [0.25, 0.3) is 0 Å². The largest absolute Gasteiger partial charge is 0.394 e. The number of benzene rings is 1. The van der Waals surface area contributed by atoms with Crippen molar-refractivity contribution in [2.45, 2.75) is 12.2 Å². The van der Waals surface area contributed by atoms with E-state index in [4.69, 9.17) is 27.5 Å². The minimum Gasteiger partial charge on any atom is -0.394 e. The summed E-state index contributed by atoms with van der Waals surface area (Å²) in [4.78, 5) is 11.6. The number of nitrogen functional groups attached to an aromatic ring is 1. The van der Waals surface area contributed by atoms with Gasteiger partial charge in [-0.05, 0) is 6.07 Å². The Morgan fingerprint density at radius 2 is 1.73 bits per heavy atom. The molecular weight excluding hydrogens is 318 g/mol. The maximum atomic E-state index is 10.9. The first kappa shape index (κ1) is 18.4. The van der Waals surface area contributed by atoms with Crippen LogP contribution in [0.15, 0.2) is 12.1 Å². The van der Waals surface area contributed by atoms with Gasteiger partial charge in [-0.25, -0.2) is 0 Å². The Balaban J connectivity index is 3.22. The first-order chi connectivity index (χ1) is 10.3. The summed E-state index contributed by atoms with van der Waals surface area (Å²) < 4.78 is 0. The summed E-state index contributed by atoms with van der Waals surface area (Å²) in [7, 11) is 0. The van der Waals surface area contributed by atoms with E-state index in [0.717, 1.165) is 6.07 Å². The second-order valence-electron chi connectivity index (χ2n) is 4.70. The Kier molecular flexibility index (Phi) is 6.78. The molecule has 124 valence electrons. The number of rotatable bonds is 8. The van der Waals surface area contributed by atoms with Crippen LogP contribution >= 0.6 is 11.6 Å². The highest BCUT2D eigenvalue weighted by Crippen LogP contribution is 2.35. The summed E-state index contributed by atoms with van der Waals surface area (Å²) >= 11 is 6.02. The molecule has 0 saturated heterocycles. The van der Waals surface area contributed by atoms with Gasteiger partial charge in [-0.15, -0.1) is 0 Å². The first-order valence-corrected chi connectivity index (χ1v) is 6.74. The maximum absolute atomic E-state index is 10.9. The predicted octanol–water partition coefficient (Wildman–Crippen LogP) is -0.657. The molecule has 0 aromatic heterocycles. The monoisotopic (exact) mass is 335 g/mol. The van der Waals surface area contributed by atoms with Crippen LogP contribution in [0.1, 0.15) is 0 Å². The van der Waals surface area contributed by atoms with Crippen LogP contribution in [0, 0.1) is 10.1 Å². The number of aliphatic hydroxyl groups excluding tert-OH is 4. The highest BCUT2D eigenvalue weighted by Gasteiger charge is 2.22. The number of nitrogens with zero attached hydrogens (tertiary/aromatic N) is 2. The molecular formula is C12H18ClN3O6. The van der Waals surface area contributed by atoms with E-state index in [1.165, 1.54) is 11.0 Å². The Bertz CT molecular complexity index is 518. The third-order valence-corrected chi connectivity index (χ3v) is 3.22. The fraction of sp³-hybridized carbons (Fsp3) is 0.500. The number of hydrogen-bond donors (Lipinski definition) is 5. The average Bonchev–Trinajstić information content (AvgIpc) is 2.45. The maximum Gasteiger partial charge on any atom is 0.294 e. The van der Waals surface area contributed by atoms with Gasteiger partial charge in [-0.2, -0.15) is 0 Å². The number of nitrogens with two attached hydrogens (primary N) is 1. The predicted molar refractivity (Wildman–Crippen MR) is 80.9 cm³/mol. The molecule has 0 bridgehead atoms. The van der Waals surface area contributed by atoms with E-state index in [1.54, 1.807) is 0 Å². The smallest absolute Gasteiger partial charge is 0.294 e. The van der Waals surface area contributed by atoms with Crippen molar-refractivity contribution in [3.63, 3.8) is 0 Å². The van der Waals surface area contributed by atoms with Gasteiger partial charge >= 0.3 is 0 Å². The van der Waals surface area contributed by atoms with Crippen LogP contribution in [0.5, 0.6) is 0 Å². The second kappa shape index (κ2) is 8.11. The molecule has 9 nitrogen and oxygen atoms in total. The zero-order valence-electron chi connectivity index (χ0n) is 11.6.